The number of rotatable bonds is 4. The van der Waals surface area contributed by atoms with Crippen LogP contribution in [-0.2, 0) is 9.84 Å². The van der Waals surface area contributed by atoms with Crippen LogP contribution in [0, 0.1) is 5.82 Å². The summed E-state index contributed by atoms with van der Waals surface area (Å²) in [6.07, 6.45) is 1.16. The summed E-state index contributed by atoms with van der Waals surface area (Å²) in [4.78, 5) is 0.218. The van der Waals surface area contributed by atoms with Gasteiger partial charge in [-0.15, -0.1) is 0 Å². The Labute approximate surface area is 128 Å². The number of hydrogen-bond donors (Lipinski definition) is 1. The number of anilines is 1. The highest BCUT2D eigenvalue weighted by Crippen LogP contribution is 2.29. The molecule has 0 amide bonds. The van der Waals surface area contributed by atoms with Crippen molar-refractivity contribution in [3.05, 3.63) is 58.9 Å². The molecule has 1 unspecified atom stereocenters. The zero-order valence-corrected chi connectivity index (χ0v) is 13.2. The summed E-state index contributed by atoms with van der Waals surface area (Å²) in [5.41, 5.74) is 1.19. The monoisotopic (exact) mass is 327 g/mol. The van der Waals surface area contributed by atoms with Crippen molar-refractivity contribution in [2.24, 2.45) is 0 Å². The van der Waals surface area contributed by atoms with Crippen LogP contribution in [0.15, 0.2) is 47.4 Å². The molecule has 2 rings (SSSR count). The van der Waals surface area contributed by atoms with Crippen molar-refractivity contribution in [3.8, 4) is 0 Å². The minimum atomic E-state index is -3.33. The van der Waals surface area contributed by atoms with Gasteiger partial charge in [0, 0.05) is 11.3 Å². The molecule has 112 valence electrons. The van der Waals surface area contributed by atoms with Gasteiger partial charge in [-0.25, -0.2) is 12.8 Å². The Kier molecular flexibility index (Phi) is 4.54. The molecule has 0 aliphatic rings. The minimum absolute atomic E-state index is 0.218. The minimum Gasteiger partial charge on any atom is -0.377 e. The Hall–Kier alpha value is -1.59. The molecule has 0 saturated heterocycles. The molecule has 1 N–H and O–H groups in total. The predicted molar refractivity (Wildman–Crippen MR) is 83.0 cm³/mol. The SMILES string of the molecule is CC(Nc1ccccc1S(C)(=O)=O)c1ccc(F)cc1Cl. The molecule has 0 bridgehead atoms. The number of para-hydroxylation sites is 1. The fourth-order valence-electron chi connectivity index (χ4n) is 2.07. The van der Waals surface area contributed by atoms with Gasteiger partial charge in [-0.05, 0) is 36.8 Å². The number of nitrogens with one attached hydrogen (secondary N) is 1. The molecular weight excluding hydrogens is 313 g/mol. The van der Waals surface area contributed by atoms with E-state index in [4.69, 9.17) is 11.6 Å². The van der Waals surface area contributed by atoms with Crippen molar-refractivity contribution in [3.63, 3.8) is 0 Å². The summed E-state index contributed by atoms with van der Waals surface area (Å²) in [5.74, 6) is -0.410. The van der Waals surface area contributed by atoms with Crippen LogP contribution in [0.2, 0.25) is 5.02 Å². The first-order valence-corrected chi connectivity index (χ1v) is 8.56. The first kappa shape index (κ1) is 15.8. The molecule has 2 aromatic carbocycles. The lowest BCUT2D eigenvalue weighted by molar-refractivity contribution is 0.602. The van der Waals surface area contributed by atoms with E-state index in [1.54, 1.807) is 24.3 Å². The van der Waals surface area contributed by atoms with E-state index in [1.165, 1.54) is 18.2 Å². The van der Waals surface area contributed by atoms with Gasteiger partial charge in [0.25, 0.3) is 0 Å². The van der Waals surface area contributed by atoms with Crippen LogP contribution in [0.3, 0.4) is 0 Å². The van der Waals surface area contributed by atoms with Crippen LogP contribution in [-0.4, -0.2) is 14.7 Å². The van der Waals surface area contributed by atoms with E-state index in [0.717, 1.165) is 6.26 Å². The molecule has 3 nitrogen and oxygen atoms in total. The Balaban J connectivity index is 2.34. The Morgan fingerprint density at radius 3 is 2.48 bits per heavy atom. The van der Waals surface area contributed by atoms with E-state index < -0.39 is 15.7 Å². The average Bonchev–Trinajstić information content (AvgIpc) is 2.37. The topological polar surface area (TPSA) is 46.2 Å². The quantitative estimate of drug-likeness (QED) is 0.921. The molecule has 0 aliphatic carbocycles. The maximum Gasteiger partial charge on any atom is 0.177 e. The van der Waals surface area contributed by atoms with Gasteiger partial charge in [0.05, 0.1) is 16.6 Å². The Morgan fingerprint density at radius 2 is 1.86 bits per heavy atom. The number of benzene rings is 2. The third kappa shape index (κ3) is 3.74. The van der Waals surface area contributed by atoms with E-state index in [9.17, 15) is 12.8 Å². The van der Waals surface area contributed by atoms with Crippen molar-refractivity contribution in [1.82, 2.24) is 0 Å². The van der Waals surface area contributed by atoms with Crippen molar-refractivity contribution in [1.29, 1.82) is 0 Å². The normalized spacial score (nSPS) is 13.0. The van der Waals surface area contributed by atoms with Crippen molar-refractivity contribution >= 4 is 27.1 Å². The predicted octanol–water partition coefficient (Wildman–Crippen LogP) is 4.06. The third-order valence-electron chi connectivity index (χ3n) is 3.09. The van der Waals surface area contributed by atoms with E-state index in [1.807, 2.05) is 6.92 Å². The molecule has 21 heavy (non-hydrogen) atoms. The number of halogens is 2. The smallest absolute Gasteiger partial charge is 0.177 e. The highest BCUT2D eigenvalue weighted by atomic mass is 35.5. The lowest BCUT2D eigenvalue weighted by Gasteiger charge is -2.19. The summed E-state index contributed by atoms with van der Waals surface area (Å²) in [5, 5.41) is 3.41. The standard InChI is InChI=1S/C15H15ClFNO2S/c1-10(12-8-7-11(17)9-13(12)16)18-14-5-3-4-6-15(14)21(2,19)20/h3-10,18H,1-2H3. The molecule has 0 saturated carbocycles. The molecule has 0 radical (unpaired) electrons. The molecule has 0 spiro atoms. The van der Waals surface area contributed by atoms with E-state index in [0.29, 0.717) is 16.3 Å². The zero-order valence-electron chi connectivity index (χ0n) is 11.6. The molecule has 0 fully saturated rings. The summed E-state index contributed by atoms with van der Waals surface area (Å²) < 4.78 is 36.6. The molecule has 0 heterocycles. The van der Waals surface area contributed by atoms with Gasteiger partial charge in [-0.1, -0.05) is 29.8 Å². The van der Waals surface area contributed by atoms with Crippen molar-refractivity contribution in [2.75, 3.05) is 11.6 Å². The Morgan fingerprint density at radius 1 is 1.19 bits per heavy atom. The third-order valence-corrected chi connectivity index (χ3v) is 4.57. The molecule has 0 aliphatic heterocycles. The maximum absolute atomic E-state index is 13.1. The first-order chi connectivity index (χ1) is 9.79. The summed E-state index contributed by atoms with van der Waals surface area (Å²) >= 11 is 6.02. The lowest BCUT2D eigenvalue weighted by atomic mass is 10.1. The lowest BCUT2D eigenvalue weighted by Crippen LogP contribution is -2.11. The highest BCUT2D eigenvalue weighted by molar-refractivity contribution is 7.90. The summed E-state index contributed by atoms with van der Waals surface area (Å²) in [6.45, 7) is 1.83. The average molecular weight is 328 g/mol. The molecule has 6 heteroatoms. The zero-order chi connectivity index (χ0) is 15.6. The van der Waals surface area contributed by atoms with Crippen molar-refractivity contribution in [2.45, 2.75) is 17.9 Å². The van der Waals surface area contributed by atoms with Gasteiger partial charge >= 0.3 is 0 Å². The van der Waals surface area contributed by atoms with Crippen molar-refractivity contribution < 1.29 is 12.8 Å². The van der Waals surface area contributed by atoms with Crippen LogP contribution in [0.1, 0.15) is 18.5 Å². The van der Waals surface area contributed by atoms with Crippen LogP contribution in [0.5, 0.6) is 0 Å². The molecule has 2 aromatic rings. The summed E-state index contributed by atoms with van der Waals surface area (Å²) in [7, 11) is -3.33. The van der Waals surface area contributed by atoms with Crippen LogP contribution >= 0.6 is 11.6 Å². The number of hydrogen-bond acceptors (Lipinski definition) is 3. The Bertz CT molecular complexity index is 762. The highest BCUT2D eigenvalue weighted by Gasteiger charge is 2.16. The van der Waals surface area contributed by atoms with Crippen LogP contribution in [0.4, 0.5) is 10.1 Å². The molecule has 0 aromatic heterocycles. The van der Waals surface area contributed by atoms with Crippen LogP contribution < -0.4 is 5.32 Å². The maximum atomic E-state index is 13.1. The second-order valence-electron chi connectivity index (χ2n) is 4.80. The fraction of sp³-hybridized carbons (Fsp3) is 0.200. The first-order valence-electron chi connectivity index (χ1n) is 6.29. The van der Waals surface area contributed by atoms with Gasteiger partial charge in [-0.3, -0.25) is 0 Å². The molecular formula is C15H15ClFNO2S. The second-order valence-corrected chi connectivity index (χ2v) is 7.19. The van der Waals surface area contributed by atoms with Gasteiger partial charge in [0.15, 0.2) is 9.84 Å². The largest absolute Gasteiger partial charge is 0.377 e. The van der Waals surface area contributed by atoms with E-state index >= 15 is 0 Å². The number of sulfone groups is 1. The van der Waals surface area contributed by atoms with Crippen LogP contribution in [0.25, 0.3) is 0 Å². The summed E-state index contributed by atoms with van der Waals surface area (Å²) in [6, 6.07) is 10.5. The van der Waals surface area contributed by atoms with Gasteiger partial charge < -0.3 is 5.32 Å². The van der Waals surface area contributed by atoms with Gasteiger partial charge in [0.2, 0.25) is 0 Å². The molecule has 1 atom stereocenters. The van der Waals surface area contributed by atoms with Gasteiger partial charge in [0.1, 0.15) is 5.82 Å². The van der Waals surface area contributed by atoms with E-state index in [-0.39, 0.29) is 10.9 Å². The fourth-order valence-corrected chi connectivity index (χ4v) is 3.26. The van der Waals surface area contributed by atoms with Gasteiger partial charge in [-0.2, -0.15) is 0 Å². The second kappa shape index (κ2) is 6.03. The van der Waals surface area contributed by atoms with E-state index in [2.05, 4.69) is 5.32 Å².